The highest BCUT2D eigenvalue weighted by Gasteiger charge is 2.54. The molecule has 5 amide bonds. The third kappa shape index (κ3) is 3.17. The molecule has 2 aliphatic rings. The third-order valence-corrected chi connectivity index (χ3v) is 4.66. The maximum atomic E-state index is 12.8. The molecular formula is C16H19FN4O3. The molecule has 1 aromatic rings. The first kappa shape index (κ1) is 16.2. The molecule has 8 heteroatoms. The Labute approximate surface area is 138 Å². The van der Waals surface area contributed by atoms with E-state index in [1.807, 2.05) is 0 Å². The fourth-order valence-electron chi connectivity index (χ4n) is 3.39. The number of carbonyl (C=O) groups is 3. The molecule has 1 saturated heterocycles. The zero-order chi connectivity index (χ0) is 17.2. The molecule has 2 atom stereocenters. The van der Waals surface area contributed by atoms with E-state index in [0.29, 0.717) is 13.0 Å². The van der Waals surface area contributed by atoms with Crippen LogP contribution in [0, 0.1) is 11.7 Å². The molecule has 2 fully saturated rings. The predicted octanol–water partition coefficient (Wildman–Crippen LogP) is 1.00. The summed E-state index contributed by atoms with van der Waals surface area (Å²) in [7, 11) is 0. The van der Waals surface area contributed by atoms with Gasteiger partial charge in [-0.15, -0.1) is 0 Å². The van der Waals surface area contributed by atoms with Gasteiger partial charge in [0, 0.05) is 19.0 Å². The second-order valence-corrected chi connectivity index (χ2v) is 6.16. The molecule has 1 aromatic carbocycles. The van der Waals surface area contributed by atoms with E-state index in [2.05, 4.69) is 21.3 Å². The summed E-state index contributed by atoms with van der Waals surface area (Å²) < 4.78 is 12.8. The van der Waals surface area contributed by atoms with Gasteiger partial charge in [0.15, 0.2) is 0 Å². The van der Waals surface area contributed by atoms with E-state index in [4.69, 9.17) is 0 Å². The van der Waals surface area contributed by atoms with E-state index in [1.165, 1.54) is 12.1 Å². The quantitative estimate of drug-likeness (QED) is 0.618. The lowest BCUT2D eigenvalue weighted by atomic mass is 9.87. The van der Waals surface area contributed by atoms with Gasteiger partial charge in [0.2, 0.25) is 0 Å². The molecule has 0 radical (unpaired) electrons. The summed E-state index contributed by atoms with van der Waals surface area (Å²) >= 11 is 0. The molecule has 4 N–H and O–H groups in total. The Balaban J connectivity index is 1.50. The van der Waals surface area contributed by atoms with Crippen LogP contribution in [0.1, 0.15) is 24.8 Å². The average molecular weight is 334 g/mol. The Kier molecular flexibility index (Phi) is 4.37. The van der Waals surface area contributed by atoms with Crippen LogP contribution in [-0.4, -0.2) is 30.1 Å². The van der Waals surface area contributed by atoms with E-state index in [9.17, 15) is 18.8 Å². The summed E-state index contributed by atoms with van der Waals surface area (Å²) in [6.45, 7) is 0.572. The van der Waals surface area contributed by atoms with Gasteiger partial charge in [-0.25, -0.2) is 14.0 Å². The molecule has 1 aliphatic carbocycles. The van der Waals surface area contributed by atoms with Crippen LogP contribution in [0.15, 0.2) is 24.3 Å². The maximum absolute atomic E-state index is 12.8. The molecule has 128 valence electrons. The molecule has 1 spiro atoms. The Hall–Kier alpha value is -2.64. The second-order valence-electron chi connectivity index (χ2n) is 6.16. The van der Waals surface area contributed by atoms with Crippen molar-refractivity contribution < 1.29 is 18.8 Å². The number of carbonyl (C=O) groups excluding carboxylic acids is 3. The van der Waals surface area contributed by atoms with Gasteiger partial charge in [-0.1, -0.05) is 18.6 Å². The van der Waals surface area contributed by atoms with Crippen LogP contribution in [0.3, 0.4) is 0 Å². The maximum Gasteiger partial charge on any atom is 0.322 e. The Morgan fingerprint density at radius 3 is 2.67 bits per heavy atom. The zero-order valence-electron chi connectivity index (χ0n) is 13.0. The molecule has 1 aliphatic heterocycles. The normalized spacial score (nSPS) is 25.5. The third-order valence-electron chi connectivity index (χ3n) is 4.66. The minimum absolute atomic E-state index is 0.138. The lowest BCUT2D eigenvalue weighted by Crippen LogP contribution is -2.53. The zero-order valence-corrected chi connectivity index (χ0v) is 13.0. The predicted molar refractivity (Wildman–Crippen MR) is 83.4 cm³/mol. The number of benzene rings is 1. The number of nitrogens with one attached hydrogen (secondary N) is 4. The fraction of sp³-hybridized carbons (Fsp3) is 0.438. The Morgan fingerprint density at radius 2 is 2.00 bits per heavy atom. The van der Waals surface area contributed by atoms with Crippen molar-refractivity contribution in [3.63, 3.8) is 0 Å². The van der Waals surface area contributed by atoms with Crippen LogP contribution in [0.2, 0.25) is 0 Å². The van der Waals surface area contributed by atoms with Crippen molar-refractivity contribution in [2.45, 2.75) is 31.3 Å². The van der Waals surface area contributed by atoms with Crippen molar-refractivity contribution in [3.05, 3.63) is 35.6 Å². The van der Waals surface area contributed by atoms with E-state index < -0.39 is 11.6 Å². The summed E-state index contributed by atoms with van der Waals surface area (Å²) in [5.41, 5.74) is -0.118. The molecule has 0 aromatic heterocycles. The molecule has 1 saturated carbocycles. The minimum atomic E-state index is -0.901. The van der Waals surface area contributed by atoms with E-state index in [1.54, 1.807) is 12.1 Å². The van der Waals surface area contributed by atoms with E-state index in [-0.39, 0.29) is 30.2 Å². The topological polar surface area (TPSA) is 99.3 Å². The summed E-state index contributed by atoms with van der Waals surface area (Å²) in [6, 6.07) is 5.01. The largest absolute Gasteiger partial charge is 0.338 e. The van der Waals surface area contributed by atoms with Gasteiger partial charge in [0.25, 0.3) is 5.91 Å². The van der Waals surface area contributed by atoms with Crippen LogP contribution in [0.5, 0.6) is 0 Å². The lowest BCUT2D eigenvalue weighted by molar-refractivity contribution is -0.125. The molecule has 3 rings (SSSR count). The van der Waals surface area contributed by atoms with Crippen LogP contribution in [0.4, 0.5) is 14.0 Å². The van der Waals surface area contributed by atoms with Crippen molar-refractivity contribution in [1.29, 1.82) is 0 Å². The number of hydrogen-bond donors (Lipinski definition) is 4. The first-order chi connectivity index (χ1) is 11.5. The van der Waals surface area contributed by atoms with Gasteiger partial charge in [0.1, 0.15) is 11.4 Å². The van der Waals surface area contributed by atoms with Crippen molar-refractivity contribution in [1.82, 2.24) is 21.3 Å². The number of amides is 5. The minimum Gasteiger partial charge on any atom is -0.338 e. The molecule has 2 unspecified atom stereocenters. The van der Waals surface area contributed by atoms with Gasteiger partial charge < -0.3 is 16.0 Å². The molecule has 1 heterocycles. The number of hydrogen-bond acceptors (Lipinski definition) is 3. The van der Waals surface area contributed by atoms with Crippen molar-refractivity contribution >= 4 is 18.0 Å². The van der Waals surface area contributed by atoms with Crippen LogP contribution >= 0.6 is 0 Å². The second kappa shape index (κ2) is 6.46. The fourth-order valence-corrected chi connectivity index (χ4v) is 3.39. The molecule has 7 nitrogen and oxygen atoms in total. The average Bonchev–Trinajstić information content (AvgIpc) is 3.08. The van der Waals surface area contributed by atoms with E-state index >= 15 is 0 Å². The summed E-state index contributed by atoms with van der Waals surface area (Å²) in [6.07, 6.45) is 2.15. The van der Waals surface area contributed by atoms with Gasteiger partial charge in [-0.2, -0.15) is 0 Å². The highest BCUT2D eigenvalue weighted by Crippen LogP contribution is 2.37. The highest BCUT2D eigenvalue weighted by molar-refractivity contribution is 6.07. The standard InChI is InChI=1S/C16H19FN4O3/c17-12-5-3-10(4-6-12)8-18-14(23)19-9-11-2-1-7-16(11)13(22)20-15(24)21-16/h3-6,11H,1-2,7-9H2,(H2,18,19,23)(H2,20,21,22,24). The number of rotatable bonds is 4. The lowest BCUT2D eigenvalue weighted by Gasteiger charge is -2.28. The first-order valence-electron chi connectivity index (χ1n) is 7.89. The van der Waals surface area contributed by atoms with Crippen LogP contribution < -0.4 is 21.3 Å². The smallest absolute Gasteiger partial charge is 0.322 e. The number of halogens is 1. The van der Waals surface area contributed by atoms with Gasteiger partial charge in [-0.05, 0) is 30.5 Å². The van der Waals surface area contributed by atoms with E-state index in [0.717, 1.165) is 18.4 Å². The first-order valence-corrected chi connectivity index (χ1v) is 7.89. The Morgan fingerprint density at radius 1 is 1.25 bits per heavy atom. The number of imide groups is 1. The van der Waals surface area contributed by atoms with Gasteiger partial charge in [0.05, 0.1) is 0 Å². The SMILES string of the molecule is O=C(NCc1ccc(F)cc1)NCC1CCCC12NC(=O)NC2=O. The van der Waals surface area contributed by atoms with Crippen molar-refractivity contribution in [3.8, 4) is 0 Å². The van der Waals surface area contributed by atoms with Crippen LogP contribution in [-0.2, 0) is 11.3 Å². The summed E-state index contributed by atoms with van der Waals surface area (Å²) in [5, 5.41) is 10.4. The monoisotopic (exact) mass is 334 g/mol. The Bertz CT molecular complexity index is 664. The highest BCUT2D eigenvalue weighted by atomic mass is 19.1. The molecule has 0 bridgehead atoms. The molecule has 24 heavy (non-hydrogen) atoms. The molecular weight excluding hydrogens is 315 g/mol. The van der Waals surface area contributed by atoms with Crippen molar-refractivity contribution in [2.75, 3.05) is 6.54 Å². The number of urea groups is 2. The summed E-state index contributed by atoms with van der Waals surface area (Å²) in [5.74, 6) is -0.782. The van der Waals surface area contributed by atoms with Gasteiger partial charge in [-0.3, -0.25) is 10.1 Å². The van der Waals surface area contributed by atoms with Crippen molar-refractivity contribution in [2.24, 2.45) is 5.92 Å². The van der Waals surface area contributed by atoms with Gasteiger partial charge >= 0.3 is 12.1 Å². The van der Waals surface area contributed by atoms with Crippen LogP contribution in [0.25, 0.3) is 0 Å². The summed E-state index contributed by atoms with van der Waals surface area (Å²) in [4.78, 5) is 35.4.